The number of Topliss-reactive ketones (excluding diaryl/α,β-unsaturated/α-hetero) is 1. The van der Waals surface area contributed by atoms with Gasteiger partial charge in [0.05, 0.1) is 18.4 Å². The van der Waals surface area contributed by atoms with Crippen LogP contribution in [0.1, 0.15) is 74.4 Å². The van der Waals surface area contributed by atoms with E-state index >= 15 is 0 Å². The highest BCUT2D eigenvalue weighted by molar-refractivity contribution is 7.14. The van der Waals surface area contributed by atoms with Crippen LogP contribution in [0.5, 0.6) is 0 Å². The molecule has 0 saturated carbocycles. The number of hydrogen-bond donors (Lipinski definition) is 2. The molecule has 0 aliphatic heterocycles. The lowest BCUT2D eigenvalue weighted by atomic mass is 9.99. The Morgan fingerprint density at radius 3 is 2.55 bits per heavy atom. The Bertz CT molecular complexity index is 1400. The fourth-order valence-corrected chi connectivity index (χ4v) is 4.11. The van der Waals surface area contributed by atoms with Crippen LogP contribution in [0.25, 0.3) is 17.3 Å². The van der Waals surface area contributed by atoms with Gasteiger partial charge in [-0.3, -0.25) is 19.1 Å². The molecule has 1 atom stereocenters. The average Bonchev–Trinajstić information content (AvgIpc) is 3.60. The molecular weight excluding hydrogens is 528 g/mol. The number of rotatable bonds is 10. The molecule has 2 amide bonds. The molecule has 40 heavy (non-hydrogen) atoms. The molecule has 2 heterocycles. The summed E-state index contributed by atoms with van der Waals surface area (Å²) >= 11 is 1.22. The summed E-state index contributed by atoms with van der Waals surface area (Å²) in [6.45, 7) is 10.9. The fourth-order valence-electron chi connectivity index (χ4n) is 3.39. The zero-order valence-corrected chi connectivity index (χ0v) is 24.8. The number of thiazole rings is 1. The van der Waals surface area contributed by atoms with Crippen LogP contribution in [-0.2, 0) is 15.1 Å². The standard InChI is InChI=1S/C26H28N6O4S.C3H8/c1-6-7-17-8-9-18(12-19(17)16(2)33)22-14-37-25(29-22)30-24(35)21(13-36-5)28-23(34)20-10-11-32(31-20)26(3,4)15-27;1-3-2/h6-12,14,21H,13H2,1-5H3,(H,28,34)(H,29,30,35);3H2,1-2H3/b7-6-;. The third kappa shape index (κ3) is 8.43. The van der Waals surface area contributed by atoms with E-state index in [0.717, 1.165) is 11.1 Å². The molecule has 0 aliphatic rings. The Kier molecular flexibility index (Phi) is 11.9. The predicted molar refractivity (Wildman–Crippen MR) is 157 cm³/mol. The van der Waals surface area contributed by atoms with Crippen molar-refractivity contribution in [3.8, 4) is 17.3 Å². The van der Waals surface area contributed by atoms with Crippen molar-refractivity contribution in [2.24, 2.45) is 0 Å². The van der Waals surface area contributed by atoms with Crippen LogP contribution in [-0.4, -0.2) is 52.1 Å². The van der Waals surface area contributed by atoms with Crippen LogP contribution < -0.4 is 10.6 Å². The lowest BCUT2D eigenvalue weighted by molar-refractivity contribution is -0.119. The second-order valence-electron chi connectivity index (χ2n) is 9.39. The number of ether oxygens (including phenoxy) is 1. The van der Waals surface area contributed by atoms with Crippen molar-refractivity contribution < 1.29 is 19.1 Å². The van der Waals surface area contributed by atoms with Gasteiger partial charge in [0.2, 0.25) is 0 Å². The molecule has 2 aromatic heterocycles. The molecule has 1 aromatic carbocycles. The van der Waals surface area contributed by atoms with Gasteiger partial charge in [0.1, 0.15) is 17.3 Å². The summed E-state index contributed by atoms with van der Waals surface area (Å²) in [5, 5.41) is 20.8. The first-order valence-corrected chi connectivity index (χ1v) is 13.7. The largest absolute Gasteiger partial charge is 0.382 e. The molecule has 0 radical (unpaired) electrons. The summed E-state index contributed by atoms with van der Waals surface area (Å²) in [6.07, 6.45) is 6.52. The lowest BCUT2D eigenvalue weighted by Gasteiger charge is -2.17. The van der Waals surface area contributed by atoms with E-state index in [-0.39, 0.29) is 18.1 Å². The van der Waals surface area contributed by atoms with Crippen LogP contribution in [0.4, 0.5) is 5.13 Å². The third-order valence-electron chi connectivity index (χ3n) is 5.43. The number of amides is 2. The minimum Gasteiger partial charge on any atom is -0.382 e. The van der Waals surface area contributed by atoms with Crippen molar-refractivity contribution in [2.45, 2.75) is 59.5 Å². The summed E-state index contributed by atoms with van der Waals surface area (Å²) in [7, 11) is 1.42. The summed E-state index contributed by atoms with van der Waals surface area (Å²) in [6, 6.07) is 8.06. The van der Waals surface area contributed by atoms with E-state index in [2.05, 4.69) is 40.6 Å². The Hall–Kier alpha value is -4.14. The van der Waals surface area contributed by atoms with E-state index in [1.807, 2.05) is 31.2 Å². The molecule has 10 nitrogen and oxygen atoms in total. The smallest absolute Gasteiger partial charge is 0.272 e. The topological polar surface area (TPSA) is 139 Å². The molecule has 0 spiro atoms. The van der Waals surface area contributed by atoms with Crippen LogP contribution >= 0.6 is 11.3 Å². The number of carbonyl (C=O) groups is 3. The molecular formula is C29H36N6O4S. The first kappa shape index (κ1) is 32.1. The second kappa shape index (κ2) is 14.9. The molecule has 3 rings (SSSR count). The van der Waals surface area contributed by atoms with Crippen LogP contribution in [0.2, 0.25) is 0 Å². The van der Waals surface area contributed by atoms with Crippen LogP contribution in [0, 0.1) is 11.3 Å². The van der Waals surface area contributed by atoms with Crippen molar-refractivity contribution in [1.82, 2.24) is 20.1 Å². The number of carbonyl (C=O) groups excluding carboxylic acids is 3. The highest BCUT2D eigenvalue weighted by atomic mass is 32.1. The zero-order chi connectivity index (χ0) is 29.9. The Morgan fingerprint density at radius 2 is 1.95 bits per heavy atom. The van der Waals surface area contributed by atoms with E-state index in [4.69, 9.17) is 4.74 Å². The Labute approximate surface area is 239 Å². The minimum atomic E-state index is -1.01. The van der Waals surface area contributed by atoms with Gasteiger partial charge in [-0.1, -0.05) is 44.6 Å². The number of nitrogens with zero attached hydrogens (tertiary/aromatic N) is 4. The van der Waals surface area contributed by atoms with E-state index in [1.54, 1.807) is 25.3 Å². The van der Waals surface area contributed by atoms with Gasteiger partial charge >= 0.3 is 0 Å². The molecule has 2 N–H and O–H groups in total. The lowest BCUT2D eigenvalue weighted by Crippen LogP contribution is -2.46. The fraction of sp³-hybridized carbons (Fsp3) is 0.379. The molecule has 0 bridgehead atoms. The minimum absolute atomic E-state index is 0.0575. The summed E-state index contributed by atoms with van der Waals surface area (Å²) in [4.78, 5) is 42.2. The number of ketones is 1. The number of methoxy groups -OCH3 is 1. The molecule has 1 unspecified atom stereocenters. The van der Waals surface area contributed by atoms with E-state index in [0.29, 0.717) is 16.4 Å². The van der Waals surface area contributed by atoms with Gasteiger partial charge in [0, 0.05) is 29.8 Å². The number of nitrogens with one attached hydrogen (secondary N) is 2. The molecule has 3 aromatic rings. The van der Waals surface area contributed by atoms with Crippen molar-refractivity contribution in [3.63, 3.8) is 0 Å². The highest BCUT2D eigenvalue weighted by Gasteiger charge is 2.26. The Balaban J connectivity index is 0.00000178. The van der Waals surface area contributed by atoms with Gasteiger partial charge in [0.15, 0.2) is 10.9 Å². The molecule has 212 valence electrons. The van der Waals surface area contributed by atoms with E-state index in [1.165, 1.54) is 48.7 Å². The maximum absolute atomic E-state index is 12.9. The van der Waals surface area contributed by atoms with Gasteiger partial charge in [-0.05, 0) is 45.4 Å². The van der Waals surface area contributed by atoms with Crippen LogP contribution in [0.15, 0.2) is 41.9 Å². The van der Waals surface area contributed by atoms with Crippen molar-refractivity contribution >= 4 is 40.1 Å². The molecule has 0 fully saturated rings. The first-order valence-electron chi connectivity index (χ1n) is 12.8. The van der Waals surface area contributed by atoms with Crippen molar-refractivity contribution in [3.05, 3.63) is 58.7 Å². The normalized spacial score (nSPS) is 11.8. The third-order valence-corrected chi connectivity index (χ3v) is 6.19. The predicted octanol–water partition coefficient (Wildman–Crippen LogP) is 5.30. The average molecular weight is 565 g/mol. The van der Waals surface area contributed by atoms with E-state index in [9.17, 15) is 19.6 Å². The van der Waals surface area contributed by atoms with E-state index < -0.39 is 23.4 Å². The van der Waals surface area contributed by atoms with Gasteiger partial charge < -0.3 is 15.4 Å². The maximum atomic E-state index is 12.9. The molecule has 0 saturated heterocycles. The second-order valence-corrected chi connectivity index (χ2v) is 10.2. The first-order chi connectivity index (χ1) is 19.0. The highest BCUT2D eigenvalue weighted by Crippen LogP contribution is 2.27. The SMILES string of the molecule is C/C=C\c1ccc(-c2csc(NC(=O)C(COC)NC(=O)c3ccn(C(C)(C)C#N)n3)n2)cc1C(C)=O.CCC. The number of aromatic nitrogens is 3. The summed E-state index contributed by atoms with van der Waals surface area (Å²) < 4.78 is 6.50. The van der Waals surface area contributed by atoms with Gasteiger partial charge in [0.25, 0.3) is 11.8 Å². The number of allylic oxidation sites excluding steroid dienone is 1. The monoisotopic (exact) mass is 564 g/mol. The maximum Gasteiger partial charge on any atom is 0.272 e. The number of anilines is 1. The van der Waals surface area contributed by atoms with Crippen molar-refractivity contribution in [2.75, 3.05) is 19.0 Å². The number of benzene rings is 1. The molecule has 11 heteroatoms. The number of nitriles is 1. The number of hydrogen-bond acceptors (Lipinski definition) is 8. The summed E-state index contributed by atoms with van der Waals surface area (Å²) in [5.41, 5.74) is 1.89. The van der Waals surface area contributed by atoms with Crippen molar-refractivity contribution in [1.29, 1.82) is 5.26 Å². The van der Waals surface area contributed by atoms with Gasteiger partial charge in [-0.15, -0.1) is 11.3 Å². The molecule has 0 aliphatic carbocycles. The quantitative estimate of drug-likeness (QED) is 0.319. The van der Waals surface area contributed by atoms with Gasteiger partial charge in [-0.25, -0.2) is 4.98 Å². The zero-order valence-electron chi connectivity index (χ0n) is 23.9. The summed E-state index contributed by atoms with van der Waals surface area (Å²) in [5.74, 6) is -1.15. The van der Waals surface area contributed by atoms with Crippen LogP contribution in [0.3, 0.4) is 0 Å². The Morgan fingerprint density at radius 1 is 1.25 bits per heavy atom. The van der Waals surface area contributed by atoms with Gasteiger partial charge in [-0.2, -0.15) is 10.4 Å².